The van der Waals surface area contributed by atoms with Crippen LogP contribution < -0.4 is 9.47 Å². The zero-order valence-corrected chi connectivity index (χ0v) is 14.9. The number of H-pyrrole nitrogens is 1. The number of carbonyl (C=O) groups excluding carboxylic acids is 1. The van der Waals surface area contributed by atoms with Gasteiger partial charge in [0.15, 0.2) is 5.69 Å². The Morgan fingerprint density at radius 3 is 2.85 bits per heavy atom. The summed E-state index contributed by atoms with van der Waals surface area (Å²) in [5.74, 6) is 1.42. The van der Waals surface area contributed by atoms with Crippen LogP contribution in [0.15, 0.2) is 42.5 Å². The Labute approximate surface area is 151 Å². The van der Waals surface area contributed by atoms with Crippen molar-refractivity contribution in [2.75, 3.05) is 20.8 Å². The van der Waals surface area contributed by atoms with Gasteiger partial charge in [-0.2, -0.15) is 5.10 Å². The maximum absolute atomic E-state index is 13.2. The summed E-state index contributed by atoms with van der Waals surface area (Å²) in [5, 5.41) is 8.07. The molecule has 6 nitrogen and oxygen atoms in total. The minimum atomic E-state index is -0.0529. The third-order valence-electron chi connectivity index (χ3n) is 4.99. The number of carbonyl (C=O) groups is 1. The molecule has 2 aromatic carbocycles. The number of nitrogens with one attached hydrogen (secondary N) is 1. The molecule has 1 aliphatic heterocycles. The van der Waals surface area contributed by atoms with E-state index in [1.807, 2.05) is 47.4 Å². The molecule has 0 unspecified atom stereocenters. The van der Waals surface area contributed by atoms with Gasteiger partial charge < -0.3 is 14.4 Å². The minimum Gasteiger partial charge on any atom is -0.497 e. The monoisotopic (exact) mass is 351 g/mol. The smallest absolute Gasteiger partial charge is 0.275 e. The molecule has 0 spiro atoms. The Balaban J connectivity index is 1.70. The van der Waals surface area contributed by atoms with Gasteiger partial charge in [-0.3, -0.25) is 9.89 Å². The number of hydrogen-bond donors (Lipinski definition) is 1. The zero-order valence-electron chi connectivity index (χ0n) is 14.9. The molecule has 2 heterocycles. The molecule has 134 valence electrons. The number of rotatable bonds is 4. The first-order chi connectivity index (χ1) is 12.7. The van der Waals surface area contributed by atoms with Gasteiger partial charge in [0, 0.05) is 23.6 Å². The number of nitrogens with zero attached hydrogens (tertiary/aromatic N) is 2. The van der Waals surface area contributed by atoms with Crippen LogP contribution in [0.25, 0.3) is 10.9 Å². The normalized spacial score (nSPS) is 16.8. The van der Waals surface area contributed by atoms with Crippen molar-refractivity contribution in [1.29, 1.82) is 0 Å². The van der Waals surface area contributed by atoms with Crippen molar-refractivity contribution in [3.8, 4) is 11.5 Å². The largest absolute Gasteiger partial charge is 0.497 e. The molecule has 0 aliphatic carbocycles. The first-order valence-electron chi connectivity index (χ1n) is 8.69. The number of hydrogen-bond acceptors (Lipinski definition) is 4. The molecule has 3 aromatic rings. The Hall–Kier alpha value is -3.02. The molecule has 1 amide bonds. The maximum Gasteiger partial charge on any atom is 0.275 e. The number of benzene rings is 2. The van der Waals surface area contributed by atoms with Crippen LogP contribution in [-0.4, -0.2) is 41.8 Å². The summed E-state index contributed by atoms with van der Waals surface area (Å²) in [6.07, 6.45) is 1.85. The second-order valence-electron chi connectivity index (χ2n) is 6.38. The lowest BCUT2D eigenvalue weighted by molar-refractivity contribution is 0.0730. The van der Waals surface area contributed by atoms with Crippen LogP contribution in [0, 0.1) is 0 Å². The van der Waals surface area contributed by atoms with Crippen LogP contribution in [0.3, 0.4) is 0 Å². The fourth-order valence-electron chi connectivity index (χ4n) is 3.69. The molecule has 1 atom stereocenters. The standard InChI is InChI=1S/C20H21N3O3/c1-25-13-9-10-15(18(12-13)26-2)17-8-5-11-23(17)20(24)19-14-6-3-4-7-16(14)21-22-19/h3-4,6-7,9-10,12,17H,5,8,11H2,1-2H3,(H,21,22)/t17-/m1/s1. The van der Waals surface area contributed by atoms with E-state index in [1.165, 1.54) is 0 Å². The third-order valence-corrected chi connectivity index (χ3v) is 4.99. The van der Waals surface area contributed by atoms with Gasteiger partial charge in [-0.25, -0.2) is 0 Å². The number of likely N-dealkylation sites (tertiary alicyclic amines) is 1. The highest BCUT2D eigenvalue weighted by Crippen LogP contribution is 2.39. The average molecular weight is 351 g/mol. The fourth-order valence-corrected chi connectivity index (χ4v) is 3.69. The van der Waals surface area contributed by atoms with Gasteiger partial charge in [0.1, 0.15) is 11.5 Å². The van der Waals surface area contributed by atoms with Crippen molar-refractivity contribution < 1.29 is 14.3 Å². The molecule has 4 rings (SSSR count). The lowest BCUT2D eigenvalue weighted by Crippen LogP contribution is -2.31. The van der Waals surface area contributed by atoms with Crippen LogP contribution in [0.1, 0.15) is 34.9 Å². The molecule has 0 saturated carbocycles. The Bertz CT molecular complexity index is 950. The number of amides is 1. The predicted molar refractivity (Wildman–Crippen MR) is 98.7 cm³/mol. The van der Waals surface area contributed by atoms with E-state index in [0.717, 1.165) is 40.8 Å². The second-order valence-corrected chi connectivity index (χ2v) is 6.38. The summed E-state index contributed by atoms with van der Waals surface area (Å²) in [7, 11) is 3.27. The van der Waals surface area contributed by atoms with E-state index >= 15 is 0 Å². The highest BCUT2D eigenvalue weighted by molar-refractivity contribution is 6.04. The first-order valence-corrected chi connectivity index (χ1v) is 8.69. The predicted octanol–water partition coefficient (Wildman–Crippen LogP) is 3.56. The van der Waals surface area contributed by atoms with Crippen LogP contribution >= 0.6 is 0 Å². The van der Waals surface area contributed by atoms with Crippen molar-refractivity contribution in [2.45, 2.75) is 18.9 Å². The molecule has 0 bridgehead atoms. The second kappa shape index (κ2) is 6.71. The van der Waals surface area contributed by atoms with Crippen molar-refractivity contribution in [3.05, 3.63) is 53.7 Å². The molecule has 0 radical (unpaired) electrons. The molecule has 26 heavy (non-hydrogen) atoms. The summed E-state index contributed by atoms with van der Waals surface area (Å²) in [4.78, 5) is 15.1. The first kappa shape index (κ1) is 16.4. The summed E-state index contributed by atoms with van der Waals surface area (Å²) < 4.78 is 10.8. The summed E-state index contributed by atoms with van der Waals surface area (Å²) >= 11 is 0. The quantitative estimate of drug-likeness (QED) is 0.780. The van der Waals surface area contributed by atoms with E-state index in [4.69, 9.17) is 9.47 Å². The third kappa shape index (κ3) is 2.67. The van der Waals surface area contributed by atoms with E-state index in [1.54, 1.807) is 14.2 Å². The molecule has 1 saturated heterocycles. The van der Waals surface area contributed by atoms with Crippen LogP contribution in [-0.2, 0) is 0 Å². The Kier molecular flexibility index (Phi) is 4.24. The maximum atomic E-state index is 13.2. The zero-order chi connectivity index (χ0) is 18.1. The number of fused-ring (bicyclic) bond motifs is 1. The van der Waals surface area contributed by atoms with Gasteiger partial charge >= 0.3 is 0 Å². The van der Waals surface area contributed by atoms with Crippen molar-refractivity contribution in [3.63, 3.8) is 0 Å². The molecular formula is C20H21N3O3. The van der Waals surface area contributed by atoms with Gasteiger partial charge in [-0.05, 0) is 31.0 Å². The van der Waals surface area contributed by atoms with E-state index in [0.29, 0.717) is 12.2 Å². The molecule has 1 N–H and O–H groups in total. The number of ether oxygens (including phenoxy) is 2. The van der Waals surface area contributed by atoms with Crippen molar-refractivity contribution in [1.82, 2.24) is 15.1 Å². The van der Waals surface area contributed by atoms with Crippen molar-refractivity contribution in [2.24, 2.45) is 0 Å². The minimum absolute atomic E-state index is 0.0289. The lowest BCUT2D eigenvalue weighted by atomic mass is 10.0. The molecule has 1 aliphatic rings. The molecule has 1 fully saturated rings. The molecular weight excluding hydrogens is 330 g/mol. The van der Waals surface area contributed by atoms with E-state index < -0.39 is 0 Å². The average Bonchev–Trinajstić information content (AvgIpc) is 3.34. The topological polar surface area (TPSA) is 67.5 Å². The number of para-hydroxylation sites is 1. The van der Waals surface area contributed by atoms with Crippen molar-refractivity contribution >= 4 is 16.8 Å². The molecule has 6 heteroatoms. The van der Waals surface area contributed by atoms with Gasteiger partial charge in [-0.1, -0.05) is 18.2 Å². The van der Waals surface area contributed by atoms with Gasteiger partial charge in [0.2, 0.25) is 0 Å². The van der Waals surface area contributed by atoms with Gasteiger partial charge in [0.05, 0.1) is 25.8 Å². The highest BCUT2D eigenvalue weighted by atomic mass is 16.5. The number of methoxy groups -OCH3 is 2. The summed E-state index contributed by atoms with van der Waals surface area (Å²) in [6, 6.07) is 13.4. The number of aromatic amines is 1. The van der Waals surface area contributed by atoms with Crippen LogP contribution in [0.5, 0.6) is 11.5 Å². The fraction of sp³-hybridized carbons (Fsp3) is 0.300. The van der Waals surface area contributed by atoms with Crippen LogP contribution in [0.2, 0.25) is 0 Å². The Morgan fingerprint density at radius 2 is 2.04 bits per heavy atom. The highest BCUT2D eigenvalue weighted by Gasteiger charge is 2.34. The number of aromatic nitrogens is 2. The van der Waals surface area contributed by atoms with Crippen LogP contribution in [0.4, 0.5) is 0 Å². The summed E-state index contributed by atoms with van der Waals surface area (Å²) in [6.45, 7) is 0.708. The van der Waals surface area contributed by atoms with E-state index in [9.17, 15) is 4.79 Å². The van der Waals surface area contributed by atoms with Gasteiger partial charge in [0.25, 0.3) is 5.91 Å². The SMILES string of the molecule is COc1ccc([C@H]2CCCN2C(=O)c2n[nH]c3ccccc23)c(OC)c1. The molecule has 1 aromatic heterocycles. The van der Waals surface area contributed by atoms with E-state index in [-0.39, 0.29) is 11.9 Å². The lowest BCUT2D eigenvalue weighted by Gasteiger charge is -2.26. The van der Waals surface area contributed by atoms with Gasteiger partial charge in [-0.15, -0.1) is 0 Å². The van der Waals surface area contributed by atoms with E-state index in [2.05, 4.69) is 10.2 Å². The summed E-state index contributed by atoms with van der Waals surface area (Å²) in [5.41, 5.74) is 2.34. The Morgan fingerprint density at radius 1 is 1.19 bits per heavy atom.